The van der Waals surface area contributed by atoms with Crippen LogP contribution in [0.5, 0.6) is 0 Å². The van der Waals surface area contributed by atoms with Gasteiger partial charge >= 0.3 is 0 Å². The van der Waals surface area contributed by atoms with E-state index in [1.807, 2.05) is 6.20 Å². The van der Waals surface area contributed by atoms with Gasteiger partial charge < -0.3 is 10.2 Å². The van der Waals surface area contributed by atoms with Crippen LogP contribution in [0, 0.1) is 5.92 Å². The van der Waals surface area contributed by atoms with Crippen molar-refractivity contribution < 1.29 is 0 Å². The molecule has 0 unspecified atom stereocenters. The van der Waals surface area contributed by atoms with E-state index in [0.29, 0.717) is 12.0 Å². The van der Waals surface area contributed by atoms with Crippen molar-refractivity contribution in [1.82, 2.24) is 10.3 Å². The van der Waals surface area contributed by atoms with Crippen molar-refractivity contribution >= 4 is 5.82 Å². The summed E-state index contributed by atoms with van der Waals surface area (Å²) >= 11 is 0. The summed E-state index contributed by atoms with van der Waals surface area (Å²) in [6.45, 7) is 14.2. The largest absolute Gasteiger partial charge is 0.354 e. The topological polar surface area (TPSA) is 28.2 Å². The quantitative estimate of drug-likeness (QED) is 0.728. The SMILES string of the molecule is CCCNCc1ccnc(N(CC(C)C)C(C)C)c1. The normalized spacial score (nSPS) is 11.3. The van der Waals surface area contributed by atoms with Crippen LogP contribution in [0.25, 0.3) is 0 Å². The minimum Gasteiger partial charge on any atom is -0.354 e. The molecule has 0 bridgehead atoms. The van der Waals surface area contributed by atoms with E-state index in [2.05, 4.69) is 62.0 Å². The van der Waals surface area contributed by atoms with Crippen LogP contribution in [0.2, 0.25) is 0 Å². The lowest BCUT2D eigenvalue weighted by Gasteiger charge is -2.29. The van der Waals surface area contributed by atoms with E-state index < -0.39 is 0 Å². The van der Waals surface area contributed by atoms with Gasteiger partial charge in [-0.1, -0.05) is 20.8 Å². The second-order valence-corrected chi connectivity index (χ2v) is 5.84. The Hall–Kier alpha value is -1.09. The lowest BCUT2D eigenvalue weighted by atomic mass is 10.1. The number of hydrogen-bond acceptors (Lipinski definition) is 3. The molecule has 3 heteroatoms. The summed E-state index contributed by atoms with van der Waals surface area (Å²) in [4.78, 5) is 6.92. The Morgan fingerprint density at radius 1 is 1.26 bits per heavy atom. The predicted molar refractivity (Wildman–Crippen MR) is 83.6 cm³/mol. The molecular weight excluding hydrogens is 234 g/mol. The van der Waals surface area contributed by atoms with Gasteiger partial charge in [-0.15, -0.1) is 0 Å². The van der Waals surface area contributed by atoms with E-state index in [1.165, 1.54) is 12.0 Å². The van der Waals surface area contributed by atoms with Crippen LogP contribution in [-0.2, 0) is 6.54 Å². The average molecular weight is 263 g/mol. The van der Waals surface area contributed by atoms with Crippen LogP contribution >= 0.6 is 0 Å². The molecule has 0 aliphatic heterocycles. The first-order valence-electron chi connectivity index (χ1n) is 7.46. The summed E-state index contributed by atoms with van der Waals surface area (Å²) in [7, 11) is 0. The molecule has 0 amide bonds. The zero-order valence-electron chi connectivity index (χ0n) is 13.1. The zero-order valence-corrected chi connectivity index (χ0v) is 13.1. The Morgan fingerprint density at radius 3 is 2.58 bits per heavy atom. The summed E-state index contributed by atoms with van der Waals surface area (Å²) < 4.78 is 0. The fourth-order valence-electron chi connectivity index (χ4n) is 2.10. The second kappa shape index (κ2) is 8.16. The Morgan fingerprint density at radius 2 is 2.00 bits per heavy atom. The van der Waals surface area contributed by atoms with Crippen molar-refractivity contribution in [1.29, 1.82) is 0 Å². The molecule has 3 nitrogen and oxygen atoms in total. The zero-order chi connectivity index (χ0) is 14.3. The number of rotatable bonds is 8. The number of aromatic nitrogens is 1. The highest BCUT2D eigenvalue weighted by molar-refractivity contribution is 5.42. The molecule has 0 spiro atoms. The molecule has 0 saturated carbocycles. The predicted octanol–water partition coefficient (Wildman–Crippen LogP) is 3.45. The summed E-state index contributed by atoms with van der Waals surface area (Å²) in [5.74, 6) is 1.74. The third-order valence-electron chi connectivity index (χ3n) is 3.05. The van der Waals surface area contributed by atoms with Crippen molar-refractivity contribution in [2.75, 3.05) is 18.0 Å². The lowest BCUT2D eigenvalue weighted by Crippen LogP contribution is -2.34. The summed E-state index contributed by atoms with van der Waals surface area (Å²) in [6, 6.07) is 4.79. The van der Waals surface area contributed by atoms with Gasteiger partial charge in [-0.2, -0.15) is 0 Å². The van der Waals surface area contributed by atoms with Crippen LogP contribution in [0.1, 0.15) is 46.6 Å². The van der Waals surface area contributed by atoms with Crippen LogP contribution in [0.15, 0.2) is 18.3 Å². The maximum Gasteiger partial charge on any atom is 0.129 e. The van der Waals surface area contributed by atoms with Gasteiger partial charge in [0.25, 0.3) is 0 Å². The molecule has 0 aliphatic carbocycles. The Balaban J connectivity index is 2.76. The van der Waals surface area contributed by atoms with Crippen molar-refractivity contribution in [2.24, 2.45) is 5.92 Å². The molecule has 0 aromatic carbocycles. The highest BCUT2D eigenvalue weighted by Gasteiger charge is 2.13. The minimum atomic E-state index is 0.480. The van der Waals surface area contributed by atoms with Gasteiger partial charge in [-0.05, 0) is 50.4 Å². The first-order chi connectivity index (χ1) is 9.04. The highest BCUT2D eigenvalue weighted by Crippen LogP contribution is 2.17. The van der Waals surface area contributed by atoms with Crippen molar-refractivity contribution in [3.63, 3.8) is 0 Å². The van der Waals surface area contributed by atoms with Crippen molar-refractivity contribution in [2.45, 2.75) is 53.6 Å². The average Bonchev–Trinajstić information content (AvgIpc) is 2.36. The van der Waals surface area contributed by atoms with Gasteiger partial charge in [-0.3, -0.25) is 0 Å². The highest BCUT2D eigenvalue weighted by atomic mass is 15.2. The molecule has 1 N–H and O–H groups in total. The molecule has 0 radical (unpaired) electrons. The number of hydrogen-bond donors (Lipinski definition) is 1. The summed E-state index contributed by atoms with van der Waals surface area (Å²) in [5, 5.41) is 3.44. The monoisotopic (exact) mass is 263 g/mol. The van der Waals surface area contributed by atoms with Crippen LogP contribution in [-0.4, -0.2) is 24.1 Å². The van der Waals surface area contributed by atoms with Gasteiger partial charge in [0.1, 0.15) is 5.82 Å². The van der Waals surface area contributed by atoms with Crippen LogP contribution < -0.4 is 10.2 Å². The Bertz CT molecular complexity index is 361. The van der Waals surface area contributed by atoms with Crippen molar-refractivity contribution in [3.05, 3.63) is 23.9 Å². The second-order valence-electron chi connectivity index (χ2n) is 5.84. The van der Waals surface area contributed by atoms with Crippen LogP contribution in [0.4, 0.5) is 5.82 Å². The fourth-order valence-corrected chi connectivity index (χ4v) is 2.10. The number of anilines is 1. The van der Waals surface area contributed by atoms with Gasteiger partial charge in [0, 0.05) is 25.3 Å². The van der Waals surface area contributed by atoms with Gasteiger partial charge in [0.15, 0.2) is 0 Å². The maximum atomic E-state index is 4.54. The summed E-state index contributed by atoms with van der Waals surface area (Å²) in [6.07, 6.45) is 3.09. The molecular formula is C16H29N3. The first kappa shape index (κ1) is 16.0. The molecule has 1 aromatic rings. The van der Waals surface area contributed by atoms with Gasteiger partial charge in [0.2, 0.25) is 0 Å². The van der Waals surface area contributed by atoms with Gasteiger partial charge in [0.05, 0.1) is 0 Å². The molecule has 1 heterocycles. The van der Waals surface area contributed by atoms with E-state index in [1.54, 1.807) is 0 Å². The number of nitrogens with zero attached hydrogens (tertiary/aromatic N) is 2. The van der Waals surface area contributed by atoms with Crippen LogP contribution in [0.3, 0.4) is 0 Å². The first-order valence-corrected chi connectivity index (χ1v) is 7.46. The smallest absolute Gasteiger partial charge is 0.129 e. The molecule has 0 saturated heterocycles. The third kappa shape index (κ3) is 5.60. The molecule has 19 heavy (non-hydrogen) atoms. The minimum absolute atomic E-state index is 0.480. The van der Waals surface area contributed by atoms with Crippen molar-refractivity contribution in [3.8, 4) is 0 Å². The number of nitrogens with one attached hydrogen (secondary N) is 1. The molecule has 108 valence electrons. The van der Waals surface area contributed by atoms with E-state index in [4.69, 9.17) is 0 Å². The summed E-state index contributed by atoms with van der Waals surface area (Å²) in [5.41, 5.74) is 1.31. The fraction of sp³-hybridized carbons (Fsp3) is 0.688. The van der Waals surface area contributed by atoms with E-state index in [0.717, 1.165) is 25.5 Å². The lowest BCUT2D eigenvalue weighted by molar-refractivity contribution is 0.565. The Labute approximate surface area is 118 Å². The molecule has 0 aliphatic rings. The van der Waals surface area contributed by atoms with E-state index in [9.17, 15) is 0 Å². The van der Waals surface area contributed by atoms with Gasteiger partial charge in [-0.25, -0.2) is 4.98 Å². The number of pyridine rings is 1. The maximum absolute atomic E-state index is 4.54. The molecule has 0 atom stereocenters. The molecule has 0 fully saturated rings. The van der Waals surface area contributed by atoms with E-state index >= 15 is 0 Å². The van der Waals surface area contributed by atoms with E-state index in [-0.39, 0.29) is 0 Å². The standard InChI is InChI=1S/C16H29N3/c1-6-8-17-11-15-7-9-18-16(10-15)19(14(4)5)12-13(2)3/h7,9-10,13-14,17H,6,8,11-12H2,1-5H3. The molecule has 1 aromatic heterocycles. The third-order valence-corrected chi connectivity index (χ3v) is 3.05. The molecule has 1 rings (SSSR count). The Kier molecular flexibility index (Phi) is 6.85.